The van der Waals surface area contributed by atoms with E-state index in [1.54, 1.807) is 38.1 Å². The van der Waals surface area contributed by atoms with Crippen LogP contribution in [0.5, 0.6) is 5.75 Å². The molecule has 4 N–H and O–H groups in total. The van der Waals surface area contributed by atoms with Crippen molar-refractivity contribution in [2.24, 2.45) is 0 Å². The number of amides is 2. The van der Waals surface area contributed by atoms with Crippen LogP contribution in [0.4, 0.5) is 17.1 Å². The smallest absolute Gasteiger partial charge is 0.311 e. The van der Waals surface area contributed by atoms with Crippen LogP contribution in [0, 0.1) is 10.1 Å². The number of anilines is 2. The number of carbonyl (C=O) groups excluding carboxylic acids is 2. The van der Waals surface area contributed by atoms with Gasteiger partial charge in [0.25, 0.3) is 5.91 Å². The quantitative estimate of drug-likeness (QED) is 0.270. The molecule has 0 aliphatic rings. The van der Waals surface area contributed by atoms with Crippen molar-refractivity contribution in [1.29, 1.82) is 0 Å². The van der Waals surface area contributed by atoms with Gasteiger partial charge in [-0.1, -0.05) is 6.92 Å². The summed E-state index contributed by atoms with van der Waals surface area (Å²) in [7, 11) is 0. The summed E-state index contributed by atoms with van der Waals surface area (Å²) in [5.41, 5.74) is 0.983. The van der Waals surface area contributed by atoms with Crippen LogP contribution in [0.25, 0.3) is 0 Å². The minimum absolute atomic E-state index is 0.0120. The van der Waals surface area contributed by atoms with E-state index in [0.29, 0.717) is 17.8 Å². The molecule has 0 spiro atoms. The number of carbonyl (C=O) groups is 2. The second kappa shape index (κ2) is 11.7. The lowest BCUT2D eigenvalue weighted by atomic mass is 10.1. The standard InChI is InChI=1S/C20H21N5O5S2/c1-3-17(26)23-19(31)21-13-6-8-14(9-7-13)22-20(32)24-18(27)12-5-10-16(30-4-2)15(11-12)25(28)29/h5-11H,3-4H2,1-2H3,(H2,21,23,26,31)(H2,22,24,27,32). The number of nitro groups is 1. The monoisotopic (exact) mass is 475 g/mol. The van der Waals surface area contributed by atoms with Crippen molar-refractivity contribution < 1.29 is 19.2 Å². The molecule has 0 saturated heterocycles. The zero-order chi connectivity index (χ0) is 23.7. The molecule has 2 amide bonds. The van der Waals surface area contributed by atoms with Crippen LogP contribution in [0.3, 0.4) is 0 Å². The zero-order valence-corrected chi connectivity index (χ0v) is 18.9. The summed E-state index contributed by atoms with van der Waals surface area (Å²) < 4.78 is 5.21. The van der Waals surface area contributed by atoms with Crippen LogP contribution in [0.1, 0.15) is 30.6 Å². The maximum Gasteiger partial charge on any atom is 0.311 e. The third-order valence-corrected chi connectivity index (χ3v) is 4.33. The summed E-state index contributed by atoms with van der Waals surface area (Å²) in [5, 5.41) is 22.1. The van der Waals surface area contributed by atoms with Gasteiger partial charge in [-0.25, -0.2) is 0 Å². The van der Waals surface area contributed by atoms with E-state index < -0.39 is 10.8 Å². The highest BCUT2D eigenvalue weighted by Gasteiger charge is 2.19. The van der Waals surface area contributed by atoms with Crippen molar-refractivity contribution in [3.8, 4) is 5.75 Å². The second-order valence-electron chi connectivity index (χ2n) is 6.21. The lowest BCUT2D eigenvalue weighted by Crippen LogP contribution is -2.34. The number of nitro benzene ring substituents is 1. The van der Waals surface area contributed by atoms with E-state index in [1.807, 2.05) is 0 Å². The molecule has 0 saturated carbocycles. The third-order valence-electron chi connectivity index (χ3n) is 3.92. The van der Waals surface area contributed by atoms with E-state index in [4.69, 9.17) is 29.2 Å². The maximum atomic E-state index is 12.4. The van der Waals surface area contributed by atoms with Gasteiger partial charge in [-0.3, -0.25) is 25.0 Å². The van der Waals surface area contributed by atoms with Crippen molar-refractivity contribution >= 4 is 63.5 Å². The zero-order valence-electron chi connectivity index (χ0n) is 17.3. The molecule has 0 heterocycles. The third kappa shape index (κ3) is 7.25. The summed E-state index contributed by atoms with van der Waals surface area (Å²) in [6.45, 7) is 3.68. The van der Waals surface area contributed by atoms with Crippen molar-refractivity contribution in [2.45, 2.75) is 20.3 Å². The lowest BCUT2D eigenvalue weighted by molar-refractivity contribution is -0.385. The first kappa shape index (κ1) is 24.6. The van der Waals surface area contributed by atoms with Crippen LogP contribution >= 0.6 is 24.4 Å². The summed E-state index contributed by atoms with van der Waals surface area (Å²) in [6.07, 6.45) is 0.317. The summed E-state index contributed by atoms with van der Waals surface area (Å²) in [4.78, 5) is 34.4. The maximum absolute atomic E-state index is 12.4. The molecule has 0 bridgehead atoms. The van der Waals surface area contributed by atoms with Crippen LogP contribution in [-0.4, -0.2) is 33.6 Å². The van der Waals surface area contributed by atoms with E-state index in [1.165, 1.54) is 12.1 Å². The average Bonchev–Trinajstić information content (AvgIpc) is 2.75. The number of hydrogen-bond acceptors (Lipinski definition) is 7. The highest BCUT2D eigenvalue weighted by molar-refractivity contribution is 7.80. The van der Waals surface area contributed by atoms with Gasteiger partial charge in [0.05, 0.1) is 11.5 Å². The number of nitrogens with zero attached hydrogens (tertiary/aromatic N) is 1. The van der Waals surface area contributed by atoms with Crippen molar-refractivity contribution in [2.75, 3.05) is 17.2 Å². The van der Waals surface area contributed by atoms with Gasteiger partial charge in [0.1, 0.15) is 0 Å². The molecule has 0 aliphatic heterocycles. The van der Waals surface area contributed by atoms with Gasteiger partial charge < -0.3 is 20.7 Å². The first-order valence-corrected chi connectivity index (χ1v) is 10.3. The Kier molecular flexibility index (Phi) is 8.98. The van der Waals surface area contributed by atoms with Gasteiger partial charge in [0.2, 0.25) is 5.91 Å². The van der Waals surface area contributed by atoms with E-state index in [2.05, 4.69) is 21.3 Å². The Morgan fingerprint density at radius 3 is 2.03 bits per heavy atom. The van der Waals surface area contributed by atoms with E-state index >= 15 is 0 Å². The number of benzene rings is 2. The molecule has 2 rings (SSSR count). The topological polar surface area (TPSA) is 135 Å². The Bertz CT molecular complexity index is 1040. The summed E-state index contributed by atoms with van der Waals surface area (Å²) >= 11 is 10.2. The average molecular weight is 476 g/mol. The molecule has 10 nitrogen and oxygen atoms in total. The fraction of sp³-hybridized carbons (Fsp3) is 0.200. The molecule has 0 atom stereocenters. The predicted molar refractivity (Wildman–Crippen MR) is 129 cm³/mol. The lowest BCUT2D eigenvalue weighted by Gasteiger charge is -2.12. The molecule has 32 heavy (non-hydrogen) atoms. The molecule has 2 aromatic rings. The number of thiocarbonyl (C=S) groups is 2. The first-order chi connectivity index (χ1) is 15.2. The van der Waals surface area contributed by atoms with E-state index in [-0.39, 0.29) is 39.7 Å². The van der Waals surface area contributed by atoms with Gasteiger partial charge in [-0.05, 0) is 67.8 Å². The molecule has 0 aliphatic carbocycles. The Balaban J connectivity index is 1.96. The van der Waals surface area contributed by atoms with Crippen LogP contribution in [-0.2, 0) is 4.79 Å². The van der Waals surface area contributed by atoms with Crippen LogP contribution in [0.15, 0.2) is 42.5 Å². The van der Waals surface area contributed by atoms with Gasteiger partial charge in [0, 0.05) is 29.4 Å². The summed E-state index contributed by atoms with van der Waals surface area (Å²) in [6, 6.07) is 10.7. The van der Waals surface area contributed by atoms with E-state index in [9.17, 15) is 19.7 Å². The molecule has 0 radical (unpaired) electrons. The summed E-state index contributed by atoms with van der Waals surface area (Å²) in [5.74, 6) is -0.721. The Labute approximate surface area is 194 Å². The molecule has 0 fully saturated rings. The predicted octanol–water partition coefficient (Wildman–Crippen LogP) is 3.34. The number of ether oxygens (including phenoxy) is 1. The normalized spacial score (nSPS) is 9.94. The van der Waals surface area contributed by atoms with Crippen molar-refractivity contribution in [3.05, 3.63) is 58.1 Å². The minimum Gasteiger partial charge on any atom is -0.487 e. The Hall–Kier alpha value is -3.64. The van der Waals surface area contributed by atoms with Crippen LogP contribution < -0.4 is 26.0 Å². The first-order valence-electron chi connectivity index (χ1n) is 9.48. The molecular formula is C20H21N5O5S2. The van der Waals surface area contributed by atoms with Crippen molar-refractivity contribution in [1.82, 2.24) is 10.6 Å². The van der Waals surface area contributed by atoms with Crippen LogP contribution in [0.2, 0.25) is 0 Å². The highest BCUT2D eigenvalue weighted by Crippen LogP contribution is 2.28. The number of hydrogen-bond donors (Lipinski definition) is 4. The fourth-order valence-corrected chi connectivity index (χ4v) is 2.87. The molecule has 168 valence electrons. The van der Waals surface area contributed by atoms with Gasteiger partial charge in [-0.15, -0.1) is 0 Å². The SMILES string of the molecule is CCOc1ccc(C(=O)NC(=S)Nc2ccc(NC(=S)NC(=O)CC)cc2)cc1[N+](=O)[O-]. The number of rotatable bonds is 7. The second-order valence-corrected chi connectivity index (χ2v) is 7.03. The molecule has 0 unspecified atom stereocenters. The van der Waals surface area contributed by atoms with Gasteiger partial charge in [-0.2, -0.15) is 0 Å². The Morgan fingerprint density at radius 1 is 0.969 bits per heavy atom. The van der Waals surface area contributed by atoms with E-state index in [0.717, 1.165) is 6.07 Å². The van der Waals surface area contributed by atoms with Crippen molar-refractivity contribution in [3.63, 3.8) is 0 Å². The van der Waals surface area contributed by atoms with Gasteiger partial charge in [0.15, 0.2) is 16.0 Å². The molecule has 0 aromatic heterocycles. The van der Waals surface area contributed by atoms with Gasteiger partial charge >= 0.3 is 5.69 Å². The largest absolute Gasteiger partial charge is 0.487 e. The molecule has 2 aromatic carbocycles. The minimum atomic E-state index is -0.618. The Morgan fingerprint density at radius 2 is 1.53 bits per heavy atom. The molecule has 12 heteroatoms. The fourth-order valence-electron chi connectivity index (χ4n) is 2.43. The number of nitrogens with one attached hydrogen (secondary N) is 4. The highest BCUT2D eigenvalue weighted by atomic mass is 32.1. The molecular weight excluding hydrogens is 454 g/mol.